The molecule has 1 heteroatoms. The van der Waals surface area contributed by atoms with Gasteiger partial charge in [-0.3, -0.25) is 0 Å². The highest BCUT2D eigenvalue weighted by Crippen LogP contribution is 2.24. The molecule has 0 aromatic rings. The van der Waals surface area contributed by atoms with E-state index in [1.165, 1.54) is 6.42 Å². The van der Waals surface area contributed by atoms with Gasteiger partial charge in [-0.05, 0) is 38.5 Å². The molecule has 0 radical (unpaired) electrons. The van der Waals surface area contributed by atoms with Crippen LogP contribution in [0.5, 0.6) is 0 Å². The molecule has 0 aliphatic carbocycles. The van der Waals surface area contributed by atoms with Crippen LogP contribution in [0.4, 0.5) is 0 Å². The summed E-state index contributed by atoms with van der Waals surface area (Å²) in [5.74, 6) is 1.52. The predicted molar refractivity (Wildman–Crippen MR) is 54.2 cm³/mol. The Morgan fingerprint density at radius 1 is 1.25 bits per heavy atom. The maximum absolute atomic E-state index is 9.54. The van der Waals surface area contributed by atoms with Crippen molar-refractivity contribution in [2.75, 3.05) is 0 Å². The average molecular weight is 172 g/mol. The van der Waals surface area contributed by atoms with Gasteiger partial charge < -0.3 is 5.11 Å². The molecule has 0 aromatic heterocycles. The van der Waals surface area contributed by atoms with Crippen LogP contribution in [0.15, 0.2) is 0 Å². The lowest BCUT2D eigenvalue weighted by Gasteiger charge is -2.23. The summed E-state index contributed by atoms with van der Waals surface area (Å²) in [7, 11) is 0. The summed E-state index contributed by atoms with van der Waals surface area (Å²) in [6, 6.07) is 0. The zero-order chi connectivity index (χ0) is 9.78. The Morgan fingerprint density at radius 3 is 2.00 bits per heavy atom. The molecule has 0 heterocycles. The second-order valence-electron chi connectivity index (χ2n) is 4.76. The smallest absolute Gasteiger partial charge is 0.0591 e. The summed E-state index contributed by atoms with van der Waals surface area (Å²) < 4.78 is 0. The first kappa shape index (κ1) is 12.0. The lowest BCUT2D eigenvalue weighted by Crippen LogP contribution is -2.21. The van der Waals surface area contributed by atoms with Crippen LogP contribution in [0, 0.1) is 11.8 Å². The van der Waals surface area contributed by atoms with E-state index in [0.29, 0.717) is 0 Å². The van der Waals surface area contributed by atoms with E-state index in [1.54, 1.807) is 0 Å². The second kappa shape index (κ2) is 4.86. The molecule has 0 aliphatic heterocycles. The Morgan fingerprint density at radius 2 is 1.75 bits per heavy atom. The fourth-order valence-electron chi connectivity index (χ4n) is 1.55. The summed E-state index contributed by atoms with van der Waals surface area (Å²) in [5, 5.41) is 9.54. The minimum absolute atomic E-state index is 0.484. The Labute approximate surface area is 77.2 Å². The van der Waals surface area contributed by atoms with Crippen molar-refractivity contribution >= 4 is 0 Å². The molecule has 1 N–H and O–H groups in total. The van der Waals surface area contributed by atoms with E-state index in [0.717, 1.165) is 24.7 Å². The number of hydrogen-bond acceptors (Lipinski definition) is 1. The predicted octanol–water partition coefficient (Wildman–Crippen LogP) is 3.22. The molecule has 0 bridgehead atoms. The van der Waals surface area contributed by atoms with Crippen LogP contribution in [0.2, 0.25) is 0 Å². The maximum Gasteiger partial charge on any atom is 0.0591 e. The van der Waals surface area contributed by atoms with Gasteiger partial charge in [0, 0.05) is 0 Å². The largest absolute Gasteiger partial charge is 0.390 e. The van der Waals surface area contributed by atoms with Gasteiger partial charge >= 0.3 is 0 Å². The Kier molecular flexibility index (Phi) is 4.84. The Balaban J connectivity index is 3.73. The molecule has 0 amide bonds. The topological polar surface area (TPSA) is 20.2 Å². The van der Waals surface area contributed by atoms with E-state index in [2.05, 4.69) is 20.8 Å². The second-order valence-corrected chi connectivity index (χ2v) is 4.76. The fraction of sp³-hybridized carbons (Fsp3) is 1.00. The first-order valence-electron chi connectivity index (χ1n) is 5.09. The molecule has 0 aromatic carbocycles. The molecule has 0 spiro atoms. The van der Waals surface area contributed by atoms with Crippen molar-refractivity contribution in [3.05, 3.63) is 0 Å². The normalized spacial score (nSPS) is 15.2. The zero-order valence-electron chi connectivity index (χ0n) is 9.22. The third kappa shape index (κ3) is 5.59. The third-order valence-electron chi connectivity index (χ3n) is 2.59. The van der Waals surface area contributed by atoms with Crippen LogP contribution in [0.25, 0.3) is 0 Å². The van der Waals surface area contributed by atoms with Gasteiger partial charge in [-0.1, -0.05) is 27.2 Å². The van der Waals surface area contributed by atoms with Gasteiger partial charge in [-0.25, -0.2) is 0 Å². The van der Waals surface area contributed by atoms with Crippen LogP contribution in [0.3, 0.4) is 0 Å². The molecule has 0 fully saturated rings. The number of hydrogen-bond donors (Lipinski definition) is 1. The fourth-order valence-corrected chi connectivity index (χ4v) is 1.55. The number of aliphatic hydroxyl groups is 1. The molecule has 0 aliphatic rings. The monoisotopic (exact) mass is 172 g/mol. The Bertz CT molecular complexity index is 111. The van der Waals surface area contributed by atoms with Gasteiger partial charge in [0.05, 0.1) is 5.60 Å². The van der Waals surface area contributed by atoms with Gasteiger partial charge in [-0.15, -0.1) is 0 Å². The molecule has 0 rings (SSSR count). The molecule has 0 saturated heterocycles. The molecule has 1 unspecified atom stereocenters. The van der Waals surface area contributed by atoms with Crippen molar-refractivity contribution in [2.45, 2.75) is 59.5 Å². The Hall–Kier alpha value is -0.0400. The standard InChI is InChI=1S/C11H24O/c1-6-10(9(2)3)7-8-11(4,5)12/h9-10,12H,6-8H2,1-5H3. The summed E-state index contributed by atoms with van der Waals surface area (Å²) in [4.78, 5) is 0. The molecule has 12 heavy (non-hydrogen) atoms. The van der Waals surface area contributed by atoms with Gasteiger partial charge in [0.25, 0.3) is 0 Å². The van der Waals surface area contributed by atoms with Crippen LogP contribution in [-0.2, 0) is 0 Å². The van der Waals surface area contributed by atoms with E-state index in [9.17, 15) is 5.11 Å². The van der Waals surface area contributed by atoms with E-state index < -0.39 is 5.60 Å². The van der Waals surface area contributed by atoms with E-state index >= 15 is 0 Å². The van der Waals surface area contributed by atoms with Gasteiger partial charge in [0.15, 0.2) is 0 Å². The quantitative estimate of drug-likeness (QED) is 0.675. The molecule has 74 valence electrons. The van der Waals surface area contributed by atoms with E-state index in [4.69, 9.17) is 0 Å². The summed E-state index contributed by atoms with van der Waals surface area (Å²) in [6.45, 7) is 10.5. The van der Waals surface area contributed by atoms with Crippen LogP contribution in [0.1, 0.15) is 53.9 Å². The summed E-state index contributed by atoms with van der Waals surface area (Å²) in [6.07, 6.45) is 3.30. The van der Waals surface area contributed by atoms with Crippen molar-refractivity contribution in [3.8, 4) is 0 Å². The van der Waals surface area contributed by atoms with E-state index in [-0.39, 0.29) is 0 Å². The first-order valence-corrected chi connectivity index (χ1v) is 5.09. The first-order chi connectivity index (χ1) is 5.37. The van der Waals surface area contributed by atoms with Crippen LogP contribution < -0.4 is 0 Å². The lowest BCUT2D eigenvalue weighted by molar-refractivity contribution is 0.0605. The van der Waals surface area contributed by atoms with Gasteiger partial charge in [0.1, 0.15) is 0 Å². The lowest BCUT2D eigenvalue weighted by atomic mass is 9.86. The van der Waals surface area contributed by atoms with Crippen molar-refractivity contribution in [2.24, 2.45) is 11.8 Å². The summed E-state index contributed by atoms with van der Waals surface area (Å²) in [5.41, 5.74) is -0.484. The van der Waals surface area contributed by atoms with Crippen LogP contribution >= 0.6 is 0 Å². The van der Waals surface area contributed by atoms with Crippen molar-refractivity contribution in [3.63, 3.8) is 0 Å². The molecule has 1 nitrogen and oxygen atoms in total. The highest BCUT2D eigenvalue weighted by atomic mass is 16.3. The highest BCUT2D eigenvalue weighted by molar-refractivity contribution is 4.69. The van der Waals surface area contributed by atoms with E-state index in [1.807, 2.05) is 13.8 Å². The van der Waals surface area contributed by atoms with Gasteiger partial charge in [0.2, 0.25) is 0 Å². The van der Waals surface area contributed by atoms with Crippen LogP contribution in [-0.4, -0.2) is 10.7 Å². The SMILES string of the molecule is CCC(CCC(C)(C)O)C(C)C. The average Bonchev–Trinajstić information content (AvgIpc) is 1.85. The summed E-state index contributed by atoms with van der Waals surface area (Å²) >= 11 is 0. The molecular weight excluding hydrogens is 148 g/mol. The highest BCUT2D eigenvalue weighted by Gasteiger charge is 2.17. The molecule has 0 saturated carbocycles. The van der Waals surface area contributed by atoms with Crippen molar-refractivity contribution in [1.82, 2.24) is 0 Å². The van der Waals surface area contributed by atoms with Crippen molar-refractivity contribution < 1.29 is 5.11 Å². The third-order valence-corrected chi connectivity index (χ3v) is 2.59. The maximum atomic E-state index is 9.54. The minimum atomic E-state index is -0.484. The van der Waals surface area contributed by atoms with Crippen molar-refractivity contribution in [1.29, 1.82) is 0 Å². The molecular formula is C11H24O. The molecule has 1 atom stereocenters. The number of rotatable bonds is 5. The van der Waals surface area contributed by atoms with Gasteiger partial charge in [-0.2, -0.15) is 0 Å². The zero-order valence-corrected chi connectivity index (χ0v) is 9.22. The minimum Gasteiger partial charge on any atom is -0.390 e.